The van der Waals surface area contributed by atoms with Gasteiger partial charge in [0.05, 0.1) is 18.2 Å². The first kappa shape index (κ1) is 18.6. The van der Waals surface area contributed by atoms with Gasteiger partial charge in [-0.25, -0.2) is 4.68 Å². The van der Waals surface area contributed by atoms with Crippen LogP contribution < -0.4 is 15.5 Å². The van der Waals surface area contributed by atoms with E-state index in [0.29, 0.717) is 21.8 Å². The van der Waals surface area contributed by atoms with Gasteiger partial charge in [-0.3, -0.25) is 4.79 Å². The predicted octanol–water partition coefficient (Wildman–Crippen LogP) is 3.65. The van der Waals surface area contributed by atoms with Gasteiger partial charge in [-0.15, -0.1) is 10.2 Å². The summed E-state index contributed by atoms with van der Waals surface area (Å²) in [5.74, 6) is 1.17. The molecule has 2 aromatic carbocycles. The predicted molar refractivity (Wildman–Crippen MR) is 110 cm³/mol. The van der Waals surface area contributed by atoms with Crippen molar-refractivity contribution in [2.45, 2.75) is 23.4 Å². The van der Waals surface area contributed by atoms with Gasteiger partial charge in [0.25, 0.3) is 0 Å². The molecule has 1 aliphatic heterocycles. The molecule has 2 heterocycles. The molecule has 0 aliphatic carbocycles. The number of nitrogens with zero attached hydrogens (tertiary/aromatic N) is 3. The second kappa shape index (κ2) is 7.73. The van der Waals surface area contributed by atoms with Crippen molar-refractivity contribution in [3.63, 3.8) is 0 Å². The molecule has 1 amide bonds. The fraction of sp³-hybridized carbons (Fsp3) is 0.211. The molecule has 1 aliphatic rings. The van der Waals surface area contributed by atoms with Gasteiger partial charge in [0.1, 0.15) is 16.8 Å². The minimum atomic E-state index is -0.472. The van der Waals surface area contributed by atoms with Crippen molar-refractivity contribution in [2.24, 2.45) is 0 Å². The van der Waals surface area contributed by atoms with E-state index in [1.807, 2.05) is 49.4 Å². The Balaban J connectivity index is 1.69. The van der Waals surface area contributed by atoms with E-state index in [4.69, 9.17) is 16.3 Å². The van der Waals surface area contributed by atoms with Crippen LogP contribution in [0, 0.1) is 6.92 Å². The number of ether oxygens (including phenoxy) is 1. The Labute approximate surface area is 171 Å². The summed E-state index contributed by atoms with van der Waals surface area (Å²) in [7, 11) is 1.57. The molecule has 2 N–H and O–H groups in total. The monoisotopic (exact) mass is 415 g/mol. The highest BCUT2D eigenvalue weighted by Crippen LogP contribution is 2.39. The average Bonchev–Trinajstić information content (AvgIpc) is 3.08. The molecule has 2 atom stereocenters. The fourth-order valence-electron chi connectivity index (χ4n) is 3.02. The van der Waals surface area contributed by atoms with E-state index in [1.54, 1.807) is 17.9 Å². The zero-order chi connectivity index (χ0) is 19.7. The van der Waals surface area contributed by atoms with Crippen LogP contribution in [0.1, 0.15) is 17.4 Å². The van der Waals surface area contributed by atoms with Gasteiger partial charge in [0.2, 0.25) is 11.1 Å². The molecule has 0 saturated heterocycles. The molecule has 4 rings (SSSR count). The van der Waals surface area contributed by atoms with E-state index in [2.05, 4.69) is 20.9 Å². The highest BCUT2D eigenvalue weighted by Gasteiger charge is 2.37. The number of thioether (sulfide) groups is 1. The van der Waals surface area contributed by atoms with Gasteiger partial charge in [-0.2, -0.15) is 0 Å². The Morgan fingerprint density at radius 3 is 2.75 bits per heavy atom. The molecule has 1 aromatic heterocycles. The van der Waals surface area contributed by atoms with Crippen LogP contribution in [0.3, 0.4) is 0 Å². The van der Waals surface area contributed by atoms with Gasteiger partial charge < -0.3 is 15.5 Å². The normalized spacial score (nSPS) is 18.1. The summed E-state index contributed by atoms with van der Waals surface area (Å²) >= 11 is 7.69. The molecule has 7 nitrogen and oxygen atoms in total. The number of carbonyl (C=O) groups excluding carboxylic acids is 1. The number of amides is 1. The van der Waals surface area contributed by atoms with E-state index < -0.39 is 5.25 Å². The Morgan fingerprint density at radius 2 is 2.04 bits per heavy atom. The van der Waals surface area contributed by atoms with Crippen molar-refractivity contribution in [3.05, 3.63) is 64.9 Å². The number of nitrogens with one attached hydrogen (secondary N) is 2. The van der Waals surface area contributed by atoms with Crippen LogP contribution in [0.15, 0.2) is 53.7 Å². The fourth-order valence-corrected chi connectivity index (χ4v) is 4.41. The van der Waals surface area contributed by atoms with Crippen molar-refractivity contribution in [3.8, 4) is 5.75 Å². The number of benzene rings is 2. The summed E-state index contributed by atoms with van der Waals surface area (Å²) in [5, 5.41) is 11.9. The number of methoxy groups -OCH3 is 1. The number of carbonyl (C=O) groups is 1. The third-order valence-electron chi connectivity index (χ3n) is 4.43. The highest BCUT2D eigenvalue weighted by atomic mass is 35.5. The summed E-state index contributed by atoms with van der Waals surface area (Å²) in [6, 6.07) is 14.5. The van der Waals surface area contributed by atoms with E-state index in [-0.39, 0.29) is 11.9 Å². The summed E-state index contributed by atoms with van der Waals surface area (Å²) in [5.41, 5.74) is 4.96. The average molecular weight is 416 g/mol. The minimum Gasteiger partial charge on any atom is -0.495 e. The van der Waals surface area contributed by atoms with Crippen LogP contribution in [0.5, 0.6) is 5.75 Å². The Bertz CT molecular complexity index is 1010. The van der Waals surface area contributed by atoms with Crippen LogP contribution in [-0.4, -0.2) is 33.1 Å². The molecule has 28 heavy (non-hydrogen) atoms. The van der Waals surface area contributed by atoms with E-state index in [1.165, 1.54) is 11.8 Å². The number of anilines is 1. The van der Waals surface area contributed by atoms with E-state index >= 15 is 0 Å². The number of fused-ring (bicyclic) bond motifs is 1. The van der Waals surface area contributed by atoms with Crippen molar-refractivity contribution >= 4 is 35.0 Å². The molecule has 9 heteroatoms. The Hall–Kier alpha value is -2.71. The number of aromatic nitrogens is 3. The maximum Gasteiger partial charge on any atom is 0.240 e. The molecule has 3 aromatic rings. The zero-order valence-corrected chi connectivity index (χ0v) is 16.8. The van der Waals surface area contributed by atoms with Crippen molar-refractivity contribution in [2.75, 3.05) is 17.9 Å². The van der Waals surface area contributed by atoms with Crippen LogP contribution in [-0.2, 0) is 4.79 Å². The Kier molecular flexibility index (Phi) is 5.15. The highest BCUT2D eigenvalue weighted by molar-refractivity contribution is 8.00. The zero-order valence-electron chi connectivity index (χ0n) is 15.2. The van der Waals surface area contributed by atoms with E-state index in [0.717, 1.165) is 11.3 Å². The number of hydrogen-bond acceptors (Lipinski definition) is 6. The molecule has 0 saturated carbocycles. The van der Waals surface area contributed by atoms with Crippen molar-refractivity contribution < 1.29 is 9.53 Å². The first-order valence-corrected chi connectivity index (χ1v) is 9.87. The third-order valence-corrected chi connectivity index (χ3v) is 5.94. The van der Waals surface area contributed by atoms with Crippen LogP contribution >= 0.6 is 23.4 Å². The van der Waals surface area contributed by atoms with Gasteiger partial charge in [0.15, 0.2) is 0 Å². The number of rotatable bonds is 4. The van der Waals surface area contributed by atoms with Crippen molar-refractivity contribution in [1.29, 1.82) is 0 Å². The number of aryl methyl sites for hydroxylation is 1. The third kappa shape index (κ3) is 3.53. The second-order valence-electron chi connectivity index (χ2n) is 6.26. The summed E-state index contributed by atoms with van der Waals surface area (Å²) in [4.78, 5) is 13.1. The summed E-state index contributed by atoms with van der Waals surface area (Å²) in [6.07, 6.45) is 0. The van der Waals surface area contributed by atoms with E-state index in [9.17, 15) is 4.79 Å². The lowest BCUT2D eigenvalue weighted by Gasteiger charge is -2.33. The lowest BCUT2D eigenvalue weighted by atomic mass is 10.0. The number of para-hydroxylation sites is 1. The topological polar surface area (TPSA) is 81.1 Å². The molecule has 144 valence electrons. The first-order chi connectivity index (χ1) is 13.6. The van der Waals surface area contributed by atoms with Gasteiger partial charge >= 0.3 is 0 Å². The molecule has 0 bridgehead atoms. The molecule has 0 spiro atoms. The molecule has 0 radical (unpaired) electrons. The largest absolute Gasteiger partial charge is 0.495 e. The lowest BCUT2D eigenvalue weighted by molar-refractivity contribution is -0.116. The van der Waals surface area contributed by atoms with Gasteiger partial charge in [-0.1, -0.05) is 47.6 Å². The number of hydrogen-bond donors (Lipinski definition) is 2. The maximum atomic E-state index is 13.1. The summed E-state index contributed by atoms with van der Waals surface area (Å²) < 4.78 is 7.03. The van der Waals surface area contributed by atoms with Crippen LogP contribution in [0.4, 0.5) is 5.69 Å². The molecular weight excluding hydrogens is 398 g/mol. The molecule has 0 unspecified atom stereocenters. The maximum absolute atomic E-state index is 13.1. The lowest BCUT2D eigenvalue weighted by Crippen LogP contribution is -2.41. The van der Waals surface area contributed by atoms with Gasteiger partial charge in [0, 0.05) is 5.69 Å². The SMILES string of the molecule is COc1ccc([C@@H]2Nn3c(C)nnc3S[C@H]2C(=O)Nc2ccccc2)cc1Cl. The smallest absolute Gasteiger partial charge is 0.240 e. The second-order valence-corrected chi connectivity index (χ2v) is 7.78. The first-order valence-electron chi connectivity index (χ1n) is 8.61. The molecular formula is C19H18ClN5O2S. The standard InChI is InChI=1S/C19H18ClN5O2S/c1-11-22-23-19-25(11)24-16(12-8-9-15(27-2)14(20)10-12)17(28-19)18(26)21-13-6-4-3-5-7-13/h3-10,16-17,24H,1-2H3,(H,21,26)/t16-,17+/m0/s1. The molecule has 0 fully saturated rings. The Morgan fingerprint density at radius 1 is 1.25 bits per heavy atom. The van der Waals surface area contributed by atoms with Crippen LogP contribution in [0.2, 0.25) is 5.02 Å². The van der Waals surface area contributed by atoms with Crippen molar-refractivity contribution in [1.82, 2.24) is 14.9 Å². The minimum absolute atomic E-state index is 0.132. The van der Waals surface area contributed by atoms with Gasteiger partial charge in [-0.05, 0) is 36.8 Å². The summed E-state index contributed by atoms with van der Waals surface area (Å²) in [6.45, 7) is 1.85. The number of halogens is 1. The van der Waals surface area contributed by atoms with Crippen LogP contribution in [0.25, 0.3) is 0 Å². The quantitative estimate of drug-likeness (QED) is 0.677.